The van der Waals surface area contributed by atoms with E-state index in [4.69, 9.17) is 11.6 Å². The van der Waals surface area contributed by atoms with Gasteiger partial charge in [-0.05, 0) is 24.7 Å². The van der Waals surface area contributed by atoms with E-state index in [2.05, 4.69) is 18.8 Å². The number of hydrogen-bond donors (Lipinski definition) is 1. The first-order valence-corrected chi connectivity index (χ1v) is 7.88. The Labute approximate surface area is 124 Å². The van der Waals surface area contributed by atoms with Crippen molar-refractivity contribution in [2.45, 2.75) is 58.9 Å². The first kappa shape index (κ1) is 15.4. The molecule has 1 aliphatic carbocycles. The summed E-state index contributed by atoms with van der Waals surface area (Å²) in [6.07, 6.45) is 4.55. The van der Waals surface area contributed by atoms with E-state index in [-0.39, 0.29) is 22.4 Å². The lowest BCUT2D eigenvalue weighted by atomic mass is 9.78. The van der Waals surface area contributed by atoms with E-state index in [1.807, 2.05) is 6.92 Å². The van der Waals surface area contributed by atoms with E-state index in [9.17, 15) is 9.59 Å². The minimum atomic E-state index is -0.370. The van der Waals surface area contributed by atoms with Crippen molar-refractivity contribution >= 4 is 11.6 Å². The van der Waals surface area contributed by atoms with E-state index in [0.717, 1.165) is 19.3 Å². The lowest BCUT2D eigenvalue weighted by Gasteiger charge is -2.34. The van der Waals surface area contributed by atoms with E-state index in [1.165, 1.54) is 11.0 Å². The number of hydrogen-bond acceptors (Lipinski definition) is 2. The van der Waals surface area contributed by atoms with Crippen LogP contribution in [0.1, 0.15) is 58.1 Å². The Balaban J connectivity index is 2.53. The fourth-order valence-corrected chi connectivity index (χ4v) is 3.50. The smallest absolute Gasteiger partial charge is 0.297 e. The molecule has 1 aromatic heterocycles. The molecule has 1 heterocycles. The molecule has 0 amide bonds. The van der Waals surface area contributed by atoms with Gasteiger partial charge in [-0.2, -0.15) is 0 Å². The second-order valence-electron chi connectivity index (χ2n) is 5.98. The van der Waals surface area contributed by atoms with E-state index < -0.39 is 0 Å². The number of nitrogens with zero attached hydrogens (tertiary/aromatic N) is 1. The van der Waals surface area contributed by atoms with Crippen LogP contribution in [0.2, 0.25) is 5.15 Å². The van der Waals surface area contributed by atoms with E-state index in [0.29, 0.717) is 23.8 Å². The highest BCUT2D eigenvalue weighted by Gasteiger charge is 2.31. The molecule has 4 nitrogen and oxygen atoms in total. The Kier molecular flexibility index (Phi) is 4.74. The molecule has 5 heteroatoms. The van der Waals surface area contributed by atoms with Crippen LogP contribution in [0.5, 0.6) is 0 Å². The third kappa shape index (κ3) is 2.71. The second-order valence-corrected chi connectivity index (χ2v) is 6.36. The summed E-state index contributed by atoms with van der Waals surface area (Å²) in [5, 5.41) is 0.203. The summed E-state index contributed by atoms with van der Waals surface area (Å²) in [4.78, 5) is 27.4. The van der Waals surface area contributed by atoms with Gasteiger partial charge in [0.05, 0.1) is 5.56 Å². The second kappa shape index (κ2) is 6.17. The van der Waals surface area contributed by atoms with Crippen molar-refractivity contribution in [1.29, 1.82) is 0 Å². The number of aromatic amines is 1. The number of nitrogens with one attached hydrogen (secondary N) is 1. The summed E-state index contributed by atoms with van der Waals surface area (Å²) < 4.78 is 1.41. The number of aromatic nitrogens is 2. The summed E-state index contributed by atoms with van der Waals surface area (Å²) >= 11 is 6.02. The van der Waals surface area contributed by atoms with Crippen LogP contribution in [0.25, 0.3) is 0 Å². The van der Waals surface area contributed by atoms with Crippen LogP contribution >= 0.6 is 11.6 Å². The Morgan fingerprint density at radius 3 is 2.65 bits per heavy atom. The maximum atomic E-state index is 12.6. The maximum absolute atomic E-state index is 12.6. The van der Waals surface area contributed by atoms with Gasteiger partial charge in [-0.25, -0.2) is 4.79 Å². The highest BCUT2D eigenvalue weighted by Crippen LogP contribution is 2.36. The highest BCUT2D eigenvalue weighted by molar-refractivity contribution is 6.30. The Morgan fingerprint density at radius 2 is 2.00 bits per heavy atom. The third-order valence-corrected chi connectivity index (χ3v) is 5.00. The van der Waals surface area contributed by atoms with Gasteiger partial charge < -0.3 is 0 Å². The molecule has 0 aliphatic heterocycles. The molecule has 2 rings (SSSR count). The molecule has 0 spiro atoms. The first-order valence-electron chi connectivity index (χ1n) is 7.50. The zero-order valence-corrected chi connectivity index (χ0v) is 13.2. The molecule has 0 saturated heterocycles. The van der Waals surface area contributed by atoms with E-state index in [1.54, 1.807) is 0 Å². The lowest BCUT2D eigenvalue weighted by Crippen LogP contribution is -2.44. The first-order chi connectivity index (χ1) is 9.47. The maximum Gasteiger partial charge on any atom is 0.329 e. The number of H-pyrrole nitrogens is 1. The largest absolute Gasteiger partial charge is 0.329 e. The fraction of sp³-hybridized carbons (Fsp3) is 0.733. The van der Waals surface area contributed by atoms with Crippen molar-refractivity contribution in [2.24, 2.45) is 11.8 Å². The van der Waals surface area contributed by atoms with Crippen molar-refractivity contribution in [1.82, 2.24) is 9.55 Å². The third-order valence-electron chi connectivity index (χ3n) is 4.67. The zero-order chi connectivity index (χ0) is 14.9. The monoisotopic (exact) mass is 298 g/mol. The summed E-state index contributed by atoms with van der Waals surface area (Å²) in [6.45, 7) is 6.32. The Morgan fingerprint density at radius 1 is 1.30 bits per heavy atom. The topological polar surface area (TPSA) is 54.9 Å². The van der Waals surface area contributed by atoms with Gasteiger partial charge in [0.2, 0.25) is 0 Å². The molecule has 1 saturated carbocycles. The van der Waals surface area contributed by atoms with Crippen molar-refractivity contribution in [3.05, 3.63) is 31.6 Å². The van der Waals surface area contributed by atoms with Crippen molar-refractivity contribution in [3.8, 4) is 0 Å². The number of halogens is 1. The summed E-state index contributed by atoms with van der Waals surface area (Å²) in [6, 6.07) is -0.0112. The molecular formula is C15H23ClN2O2. The molecule has 3 atom stereocenters. The SMILES string of the molecule is CCCc1c(Cl)[nH]c(=O)n(C2CCCC(C)C2C)c1=O. The van der Waals surface area contributed by atoms with E-state index >= 15 is 0 Å². The summed E-state index contributed by atoms with van der Waals surface area (Å²) in [5.41, 5.74) is -0.0310. The standard InChI is InChI=1S/C15H23ClN2O2/c1-4-6-11-13(16)17-15(20)18(14(11)19)12-8-5-7-9(2)10(12)3/h9-10,12H,4-8H2,1-3H3,(H,17,20). The van der Waals surface area contributed by atoms with Crippen LogP contribution < -0.4 is 11.2 Å². The van der Waals surface area contributed by atoms with Gasteiger partial charge in [-0.3, -0.25) is 14.3 Å². The van der Waals surface area contributed by atoms with Crippen LogP contribution in [-0.2, 0) is 6.42 Å². The Bertz CT molecular complexity index is 591. The molecule has 112 valence electrons. The molecular weight excluding hydrogens is 276 g/mol. The summed E-state index contributed by atoms with van der Waals surface area (Å²) in [5.74, 6) is 0.864. The molecule has 0 aromatic carbocycles. The quantitative estimate of drug-likeness (QED) is 0.872. The predicted molar refractivity (Wildman–Crippen MR) is 81.5 cm³/mol. The molecule has 3 unspecified atom stereocenters. The minimum absolute atomic E-state index is 0.0112. The van der Waals surface area contributed by atoms with Gasteiger partial charge in [-0.1, -0.05) is 51.6 Å². The lowest BCUT2D eigenvalue weighted by molar-refractivity contribution is 0.178. The van der Waals surface area contributed by atoms with Gasteiger partial charge >= 0.3 is 5.69 Å². The molecule has 1 aromatic rings. The van der Waals surface area contributed by atoms with Crippen LogP contribution in [0.4, 0.5) is 0 Å². The molecule has 20 heavy (non-hydrogen) atoms. The minimum Gasteiger partial charge on any atom is -0.297 e. The van der Waals surface area contributed by atoms with Crippen LogP contribution in [0.15, 0.2) is 9.59 Å². The molecule has 1 N–H and O–H groups in total. The molecule has 1 fully saturated rings. The number of rotatable bonds is 3. The fourth-order valence-electron chi connectivity index (χ4n) is 3.25. The van der Waals surface area contributed by atoms with Crippen molar-refractivity contribution < 1.29 is 0 Å². The van der Waals surface area contributed by atoms with Gasteiger partial charge in [0.25, 0.3) is 5.56 Å². The molecule has 1 aliphatic rings. The van der Waals surface area contributed by atoms with Crippen molar-refractivity contribution in [2.75, 3.05) is 0 Å². The predicted octanol–water partition coefficient (Wildman–Crippen LogP) is 3.14. The summed E-state index contributed by atoms with van der Waals surface area (Å²) in [7, 11) is 0. The van der Waals surface area contributed by atoms with Crippen LogP contribution in [-0.4, -0.2) is 9.55 Å². The van der Waals surface area contributed by atoms with Crippen LogP contribution in [0.3, 0.4) is 0 Å². The van der Waals surface area contributed by atoms with Gasteiger partial charge in [0.15, 0.2) is 0 Å². The normalized spacial score (nSPS) is 26.7. The average Bonchev–Trinajstić information content (AvgIpc) is 2.39. The van der Waals surface area contributed by atoms with Gasteiger partial charge in [0, 0.05) is 6.04 Å². The highest BCUT2D eigenvalue weighted by atomic mass is 35.5. The Hall–Kier alpha value is -1.03. The van der Waals surface area contributed by atoms with Gasteiger partial charge in [0.1, 0.15) is 5.15 Å². The zero-order valence-electron chi connectivity index (χ0n) is 12.4. The van der Waals surface area contributed by atoms with Gasteiger partial charge in [-0.15, -0.1) is 0 Å². The van der Waals surface area contributed by atoms with Crippen molar-refractivity contribution in [3.63, 3.8) is 0 Å². The average molecular weight is 299 g/mol. The van der Waals surface area contributed by atoms with Crippen LogP contribution in [0, 0.1) is 11.8 Å². The molecule has 0 radical (unpaired) electrons. The molecule has 0 bridgehead atoms.